The molecule has 0 bridgehead atoms. The minimum absolute atomic E-state index is 0.248. The molecular formula is C11H6BrCl3N2O. The molecule has 1 aromatic carbocycles. The minimum Gasteiger partial charge on any atom is -0.437 e. The van der Waals surface area contributed by atoms with Gasteiger partial charge in [0.1, 0.15) is 12.1 Å². The van der Waals surface area contributed by atoms with Gasteiger partial charge in [-0.3, -0.25) is 0 Å². The van der Waals surface area contributed by atoms with Gasteiger partial charge in [-0.05, 0) is 22.0 Å². The molecular weight excluding hydrogens is 362 g/mol. The summed E-state index contributed by atoms with van der Waals surface area (Å²) in [6.07, 6.45) is 2.96. The SMILES string of the molecule is ClCc1cncnc1Oc1cc(Cl)c(Br)cc1Cl. The van der Waals surface area contributed by atoms with Gasteiger partial charge in [0.05, 0.1) is 15.9 Å². The highest BCUT2D eigenvalue weighted by Gasteiger charge is 2.11. The van der Waals surface area contributed by atoms with E-state index >= 15 is 0 Å². The van der Waals surface area contributed by atoms with Crippen LogP contribution in [0.2, 0.25) is 10.0 Å². The van der Waals surface area contributed by atoms with E-state index in [1.54, 1.807) is 18.3 Å². The fraction of sp³-hybridized carbons (Fsp3) is 0.0909. The summed E-state index contributed by atoms with van der Waals surface area (Å²) in [7, 11) is 0. The molecule has 7 heteroatoms. The Morgan fingerprint density at radius 2 is 2.00 bits per heavy atom. The largest absolute Gasteiger partial charge is 0.437 e. The van der Waals surface area contributed by atoms with Crippen LogP contribution in [-0.2, 0) is 5.88 Å². The topological polar surface area (TPSA) is 35.0 Å². The standard InChI is InChI=1S/C11H6BrCl3N2O/c12-7-1-9(15)10(2-8(7)14)18-11-6(3-13)4-16-5-17-11/h1-2,4-5H,3H2. The van der Waals surface area contributed by atoms with Crippen molar-refractivity contribution in [3.63, 3.8) is 0 Å². The second-order valence-electron chi connectivity index (χ2n) is 3.29. The summed E-state index contributed by atoms with van der Waals surface area (Å²) in [6, 6.07) is 3.26. The fourth-order valence-corrected chi connectivity index (χ4v) is 2.23. The Morgan fingerprint density at radius 3 is 2.72 bits per heavy atom. The summed E-state index contributed by atoms with van der Waals surface area (Å²) < 4.78 is 6.29. The maximum Gasteiger partial charge on any atom is 0.226 e. The van der Waals surface area contributed by atoms with Gasteiger partial charge >= 0.3 is 0 Å². The molecule has 94 valence electrons. The highest BCUT2D eigenvalue weighted by Crippen LogP contribution is 2.36. The summed E-state index contributed by atoms with van der Waals surface area (Å²) >= 11 is 21.1. The van der Waals surface area contributed by atoms with Gasteiger partial charge in [-0.2, -0.15) is 0 Å². The lowest BCUT2D eigenvalue weighted by Gasteiger charge is -2.10. The monoisotopic (exact) mass is 366 g/mol. The third-order valence-electron chi connectivity index (χ3n) is 2.07. The molecule has 3 nitrogen and oxygen atoms in total. The summed E-state index contributed by atoms with van der Waals surface area (Å²) in [4.78, 5) is 7.88. The molecule has 2 aromatic rings. The predicted molar refractivity (Wildman–Crippen MR) is 75.8 cm³/mol. The average molecular weight is 368 g/mol. The number of aromatic nitrogens is 2. The van der Waals surface area contributed by atoms with Gasteiger partial charge in [0.2, 0.25) is 5.88 Å². The van der Waals surface area contributed by atoms with Crippen LogP contribution in [0.1, 0.15) is 5.56 Å². The van der Waals surface area contributed by atoms with E-state index < -0.39 is 0 Å². The molecule has 2 rings (SSSR count). The Balaban J connectivity index is 2.37. The van der Waals surface area contributed by atoms with Crippen molar-refractivity contribution in [2.24, 2.45) is 0 Å². The zero-order chi connectivity index (χ0) is 13.1. The van der Waals surface area contributed by atoms with Gasteiger partial charge in [0, 0.05) is 22.3 Å². The van der Waals surface area contributed by atoms with Crippen molar-refractivity contribution in [2.45, 2.75) is 5.88 Å². The van der Waals surface area contributed by atoms with E-state index in [1.165, 1.54) is 6.33 Å². The highest BCUT2D eigenvalue weighted by molar-refractivity contribution is 9.10. The number of alkyl halides is 1. The Kier molecular flexibility index (Phi) is 4.67. The van der Waals surface area contributed by atoms with Crippen LogP contribution >= 0.6 is 50.7 Å². The van der Waals surface area contributed by atoms with E-state index in [1.807, 2.05) is 0 Å². The normalized spacial score (nSPS) is 10.4. The molecule has 0 aliphatic rings. The molecule has 0 aliphatic heterocycles. The molecule has 0 saturated carbocycles. The van der Waals surface area contributed by atoms with Gasteiger partial charge in [-0.15, -0.1) is 11.6 Å². The number of halogens is 4. The Hall–Kier alpha value is -0.550. The Labute approximate surface area is 127 Å². The van der Waals surface area contributed by atoms with Crippen molar-refractivity contribution in [2.75, 3.05) is 0 Å². The first-order chi connectivity index (χ1) is 8.61. The van der Waals surface area contributed by atoms with Crippen molar-refractivity contribution >= 4 is 50.7 Å². The van der Waals surface area contributed by atoms with E-state index in [4.69, 9.17) is 39.5 Å². The van der Waals surface area contributed by atoms with E-state index in [0.29, 0.717) is 31.7 Å². The molecule has 0 unspecified atom stereocenters. The summed E-state index contributed by atoms with van der Waals surface area (Å²) in [5, 5.41) is 0.918. The van der Waals surface area contributed by atoms with E-state index in [9.17, 15) is 0 Å². The van der Waals surface area contributed by atoms with E-state index in [-0.39, 0.29) is 5.88 Å². The predicted octanol–water partition coefficient (Wildman–Crippen LogP) is 5.08. The van der Waals surface area contributed by atoms with Crippen molar-refractivity contribution < 1.29 is 4.74 Å². The average Bonchev–Trinajstić information content (AvgIpc) is 2.36. The third-order valence-corrected chi connectivity index (χ3v) is 3.85. The molecule has 0 radical (unpaired) electrons. The molecule has 0 aliphatic carbocycles. The van der Waals surface area contributed by atoms with Gasteiger partial charge in [0.15, 0.2) is 0 Å². The first-order valence-corrected chi connectivity index (χ1v) is 6.87. The minimum atomic E-state index is 0.248. The van der Waals surface area contributed by atoms with E-state index in [0.717, 1.165) is 0 Å². The second kappa shape index (κ2) is 6.06. The molecule has 0 saturated heterocycles. The zero-order valence-electron chi connectivity index (χ0n) is 8.83. The molecule has 0 atom stereocenters. The first kappa shape index (κ1) is 13.9. The van der Waals surface area contributed by atoms with Crippen LogP contribution in [0, 0.1) is 0 Å². The van der Waals surface area contributed by atoms with Crippen LogP contribution in [-0.4, -0.2) is 9.97 Å². The summed E-state index contributed by atoms with van der Waals surface area (Å²) in [5.41, 5.74) is 0.675. The molecule has 0 amide bonds. The Morgan fingerprint density at radius 1 is 1.22 bits per heavy atom. The van der Waals surface area contributed by atoms with Crippen molar-refractivity contribution in [1.82, 2.24) is 9.97 Å². The maximum atomic E-state index is 6.06. The third kappa shape index (κ3) is 3.06. The summed E-state index contributed by atoms with van der Waals surface area (Å²) in [6.45, 7) is 0. The van der Waals surface area contributed by atoms with Crippen molar-refractivity contribution in [3.8, 4) is 11.6 Å². The molecule has 0 fully saturated rings. The second-order valence-corrected chi connectivity index (χ2v) is 5.22. The van der Waals surface area contributed by atoms with Gasteiger partial charge in [0.25, 0.3) is 0 Å². The highest BCUT2D eigenvalue weighted by atomic mass is 79.9. The smallest absolute Gasteiger partial charge is 0.226 e. The van der Waals surface area contributed by atoms with Crippen molar-refractivity contribution in [3.05, 3.63) is 44.7 Å². The Bertz CT molecular complexity index is 580. The number of benzene rings is 1. The number of ether oxygens (including phenoxy) is 1. The van der Waals surface area contributed by atoms with E-state index in [2.05, 4.69) is 25.9 Å². The van der Waals surface area contributed by atoms with Crippen LogP contribution in [0.15, 0.2) is 29.1 Å². The number of rotatable bonds is 3. The number of hydrogen-bond donors (Lipinski definition) is 0. The fourth-order valence-electron chi connectivity index (χ4n) is 1.22. The summed E-state index contributed by atoms with van der Waals surface area (Å²) in [5.74, 6) is 1.02. The van der Waals surface area contributed by atoms with Gasteiger partial charge < -0.3 is 4.74 Å². The zero-order valence-corrected chi connectivity index (χ0v) is 12.7. The van der Waals surface area contributed by atoms with Crippen LogP contribution in [0.4, 0.5) is 0 Å². The van der Waals surface area contributed by atoms with Crippen LogP contribution < -0.4 is 4.74 Å². The lowest BCUT2D eigenvalue weighted by atomic mass is 10.3. The lowest BCUT2D eigenvalue weighted by Crippen LogP contribution is -1.94. The van der Waals surface area contributed by atoms with Crippen molar-refractivity contribution in [1.29, 1.82) is 0 Å². The number of nitrogens with zero attached hydrogens (tertiary/aromatic N) is 2. The molecule has 18 heavy (non-hydrogen) atoms. The maximum absolute atomic E-state index is 6.06. The number of hydrogen-bond acceptors (Lipinski definition) is 3. The molecule has 0 spiro atoms. The molecule has 0 N–H and O–H groups in total. The van der Waals surface area contributed by atoms with Crippen LogP contribution in [0.25, 0.3) is 0 Å². The van der Waals surface area contributed by atoms with Crippen LogP contribution in [0.3, 0.4) is 0 Å². The molecule has 1 aromatic heterocycles. The van der Waals surface area contributed by atoms with Gasteiger partial charge in [-0.1, -0.05) is 23.2 Å². The first-order valence-electron chi connectivity index (χ1n) is 4.79. The lowest BCUT2D eigenvalue weighted by molar-refractivity contribution is 0.457. The molecule has 1 heterocycles. The quantitative estimate of drug-likeness (QED) is 0.560. The van der Waals surface area contributed by atoms with Crippen LogP contribution in [0.5, 0.6) is 11.6 Å². The van der Waals surface area contributed by atoms with Gasteiger partial charge in [-0.25, -0.2) is 9.97 Å².